The van der Waals surface area contributed by atoms with Crippen LogP contribution in [0.4, 0.5) is 5.82 Å². The van der Waals surface area contributed by atoms with Gasteiger partial charge in [0.05, 0.1) is 6.10 Å². The highest BCUT2D eigenvalue weighted by Gasteiger charge is 2.19. The van der Waals surface area contributed by atoms with Crippen molar-refractivity contribution in [3.63, 3.8) is 0 Å². The maximum atomic E-state index is 11.5. The van der Waals surface area contributed by atoms with Crippen LogP contribution in [0.3, 0.4) is 0 Å². The molecule has 1 atom stereocenters. The van der Waals surface area contributed by atoms with Gasteiger partial charge in [-0.3, -0.25) is 14.9 Å². The molecule has 1 saturated heterocycles. The molecule has 0 aliphatic carbocycles. The van der Waals surface area contributed by atoms with Crippen LogP contribution in [0.5, 0.6) is 0 Å². The molecule has 1 aromatic heterocycles. The van der Waals surface area contributed by atoms with Crippen molar-refractivity contribution in [3.05, 3.63) is 11.8 Å². The molecule has 1 aliphatic heterocycles. The van der Waals surface area contributed by atoms with Crippen molar-refractivity contribution in [2.24, 2.45) is 0 Å². The predicted octanol–water partition coefficient (Wildman–Crippen LogP) is 0.217. The van der Waals surface area contributed by atoms with E-state index in [1.165, 1.54) is 6.07 Å². The normalized spacial score (nSPS) is 18.6. The Morgan fingerprint density at radius 1 is 1.50 bits per heavy atom. The second kappa shape index (κ2) is 5.63. The molecule has 2 N–H and O–H groups in total. The minimum atomic E-state index is -0.763. The molecule has 2 heterocycles. The van der Waals surface area contributed by atoms with Gasteiger partial charge in [0, 0.05) is 19.2 Å². The van der Waals surface area contributed by atoms with Crippen LogP contribution >= 0.6 is 0 Å². The first-order valence-corrected chi connectivity index (χ1v) is 5.79. The number of ether oxygens (including phenoxy) is 1. The molecule has 0 bridgehead atoms. The number of hydrogen-bond donors (Lipinski definition) is 2. The van der Waals surface area contributed by atoms with Crippen molar-refractivity contribution in [1.82, 2.24) is 10.5 Å². The van der Waals surface area contributed by atoms with Crippen molar-refractivity contribution in [2.45, 2.75) is 25.9 Å². The van der Waals surface area contributed by atoms with Crippen LogP contribution in [0.2, 0.25) is 0 Å². The minimum Gasteiger partial charge on any atom is -0.376 e. The molecule has 0 saturated carbocycles. The van der Waals surface area contributed by atoms with Gasteiger partial charge in [-0.1, -0.05) is 5.16 Å². The van der Waals surface area contributed by atoms with Crippen LogP contribution in [0.1, 0.15) is 18.6 Å². The molecule has 1 fully saturated rings. The Hall–Kier alpha value is -1.89. The topological polar surface area (TPSA) is 93.5 Å². The Labute approximate surface area is 104 Å². The second-order valence-electron chi connectivity index (χ2n) is 4.12. The summed E-state index contributed by atoms with van der Waals surface area (Å²) in [7, 11) is 0. The van der Waals surface area contributed by atoms with Crippen LogP contribution in [0, 0.1) is 6.92 Å². The lowest BCUT2D eigenvalue weighted by Crippen LogP contribution is -2.39. The number of aromatic nitrogens is 1. The van der Waals surface area contributed by atoms with E-state index in [0.717, 1.165) is 12.8 Å². The van der Waals surface area contributed by atoms with Crippen LogP contribution in [-0.4, -0.2) is 36.2 Å². The summed E-state index contributed by atoms with van der Waals surface area (Å²) in [6, 6.07) is 1.53. The molecule has 1 aliphatic rings. The molecule has 18 heavy (non-hydrogen) atoms. The fourth-order valence-electron chi connectivity index (χ4n) is 1.69. The summed E-state index contributed by atoms with van der Waals surface area (Å²) in [6.45, 7) is 2.76. The van der Waals surface area contributed by atoms with Gasteiger partial charge in [-0.05, 0) is 19.8 Å². The summed E-state index contributed by atoms with van der Waals surface area (Å²) in [6.07, 6.45) is 1.91. The average molecular weight is 253 g/mol. The highest BCUT2D eigenvalue weighted by atomic mass is 16.5. The van der Waals surface area contributed by atoms with Gasteiger partial charge in [-0.2, -0.15) is 0 Å². The van der Waals surface area contributed by atoms with Crippen LogP contribution < -0.4 is 10.6 Å². The van der Waals surface area contributed by atoms with Crippen LogP contribution in [0.15, 0.2) is 10.6 Å². The smallest absolute Gasteiger partial charge is 0.314 e. The summed E-state index contributed by atoms with van der Waals surface area (Å²) in [4.78, 5) is 23.0. The fraction of sp³-hybridized carbons (Fsp3) is 0.545. The van der Waals surface area contributed by atoms with Gasteiger partial charge in [0.15, 0.2) is 5.82 Å². The Morgan fingerprint density at radius 3 is 2.94 bits per heavy atom. The summed E-state index contributed by atoms with van der Waals surface area (Å²) < 4.78 is 10.1. The zero-order valence-electron chi connectivity index (χ0n) is 10.1. The van der Waals surface area contributed by atoms with Crippen molar-refractivity contribution in [2.75, 3.05) is 18.5 Å². The van der Waals surface area contributed by atoms with E-state index in [4.69, 9.17) is 9.26 Å². The average Bonchev–Trinajstić information content (AvgIpc) is 2.97. The largest absolute Gasteiger partial charge is 0.376 e. The molecule has 7 heteroatoms. The first kappa shape index (κ1) is 12.6. The lowest BCUT2D eigenvalue weighted by atomic mass is 10.2. The number of nitrogens with one attached hydrogen (secondary N) is 2. The highest BCUT2D eigenvalue weighted by molar-refractivity contribution is 6.39. The predicted molar refractivity (Wildman–Crippen MR) is 61.9 cm³/mol. The third-order valence-electron chi connectivity index (χ3n) is 2.59. The monoisotopic (exact) mass is 253 g/mol. The highest BCUT2D eigenvalue weighted by Crippen LogP contribution is 2.10. The maximum absolute atomic E-state index is 11.5. The molecule has 2 amide bonds. The summed E-state index contributed by atoms with van der Waals surface area (Å²) in [5, 5.41) is 8.42. The third-order valence-corrected chi connectivity index (χ3v) is 2.59. The number of aryl methyl sites for hydroxylation is 1. The summed E-state index contributed by atoms with van der Waals surface area (Å²) in [5.41, 5.74) is 0. The van der Waals surface area contributed by atoms with E-state index < -0.39 is 11.8 Å². The van der Waals surface area contributed by atoms with Crippen molar-refractivity contribution in [3.8, 4) is 0 Å². The van der Waals surface area contributed by atoms with Gasteiger partial charge in [-0.15, -0.1) is 0 Å². The maximum Gasteiger partial charge on any atom is 0.314 e. The zero-order chi connectivity index (χ0) is 13.0. The summed E-state index contributed by atoms with van der Waals surface area (Å²) in [5.74, 6) is -0.678. The van der Waals surface area contributed by atoms with Crippen LogP contribution in [-0.2, 0) is 14.3 Å². The van der Waals surface area contributed by atoms with Gasteiger partial charge in [0.2, 0.25) is 0 Å². The number of nitrogens with zero attached hydrogens (tertiary/aromatic N) is 1. The summed E-state index contributed by atoms with van der Waals surface area (Å²) >= 11 is 0. The molecule has 0 spiro atoms. The van der Waals surface area contributed by atoms with E-state index in [1.54, 1.807) is 6.92 Å². The lowest BCUT2D eigenvalue weighted by Gasteiger charge is -2.09. The molecule has 98 valence electrons. The quantitative estimate of drug-likeness (QED) is 0.751. The first-order valence-electron chi connectivity index (χ1n) is 5.79. The molecular formula is C11H15N3O4. The van der Waals surface area contributed by atoms with Crippen LogP contribution in [0.25, 0.3) is 0 Å². The number of amides is 2. The molecular weight excluding hydrogens is 238 g/mol. The first-order chi connectivity index (χ1) is 8.65. The number of carbonyl (C=O) groups excluding carboxylic acids is 2. The number of carbonyl (C=O) groups is 2. The fourth-order valence-corrected chi connectivity index (χ4v) is 1.69. The minimum absolute atomic E-state index is 0.0102. The van der Waals surface area contributed by atoms with E-state index in [-0.39, 0.29) is 11.9 Å². The van der Waals surface area contributed by atoms with Crippen molar-refractivity contribution >= 4 is 17.6 Å². The SMILES string of the molecule is Cc1cc(NC(=O)C(=O)NC[C@H]2CCCO2)no1. The van der Waals surface area contributed by atoms with Gasteiger partial charge in [0.25, 0.3) is 0 Å². The number of anilines is 1. The van der Waals surface area contributed by atoms with Crippen molar-refractivity contribution in [1.29, 1.82) is 0 Å². The molecule has 1 aromatic rings. The standard InChI is InChI=1S/C11H15N3O4/c1-7-5-9(14-18-7)13-11(16)10(15)12-6-8-3-2-4-17-8/h5,8H,2-4,6H2,1H3,(H,12,15)(H,13,14,16)/t8-/m1/s1. The van der Waals surface area contributed by atoms with Gasteiger partial charge < -0.3 is 14.6 Å². The molecule has 0 radical (unpaired) electrons. The Bertz CT molecular complexity index is 437. The van der Waals surface area contributed by atoms with E-state index in [9.17, 15) is 9.59 Å². The number of hydrogen-bond acceptors (Lipinski definition) is 5. The van der Waals surface area contributed by atoms with Gasteiger partial charge in [-0.25, -0.2) is 0 Å². The van der Waals surface area contributed by atoms with Gasteiger partial charge >= 0.3 is 11.8 Å². The van der Waals surface area contributed by atoms with Gasteiger partial charge in [0.1, 0.15) is 5.76 Å². The zero-order valence-corrected chi connectivity index (χ0v) is 10.1. The number of rotatable bonds is 3. The lowest BCUT2D eigenvalue weighted by molar-refractivity contribution is -0.136. The molecule has 2 rings (SSSR count). The van der Waals surface area contributed by atoms with E-state index in [1.807, 2.05) is 0 Å². The third kappa shape index (κ3) is 3.30. The Kier molecular flexibility index (Phi) is 3.93. The van der Waals surface area contributed by atoms with Crippen molar-refractivity contribution < 1.29 is 18.8 Å². The molecule has 7 nitrogen and oxygen atoms in total. The van der Waals surface area contributed by atoms with E-state index in [0.29, 0.717) is 18.9 Å². The van der Waals surface area contributed by atoms with E-state index >= 15 is 0 Å². The molecule has 0 aromatic carbocycles. The second-order valence-corrected chi connectivity index (χ2v) is 4.12. The molecule has 0 unspecified atom stereocenters. The Balaban J connectivity index is 1.76. The van der Waals surface area contributed by atoms with E-state index in [2.05, 4.69) is 15.8 Å². The Morgan fingerprint density at radius 2 is 2.33 bits per heavy atom.